The Balaban J connectivity index is 1.34. The number of aliphatic hydroxyl groups is 1. The SMILES string of the molecule is O=C1NC(=O)C(/N=N/c2ccc(C(=O)Nc3ccc(/N=N/c4ccc5cc(S(=O)(=O)O)cc(S(=O)(=O)O)c5c4)cc3OCCO)cc2)C(=O)N1. The minimum Gasteiger partial charge on any atom is -0.489 e. The number of amides is 5. The molecule has 1 fully saturated rings. The van der Waals surface area contributed by atoms with E-state index in [1.54, 1.807) is 0 Å². The van der Waals surface area contributed by atoms with Crippen LogP contribution >= 0.6 is 0 Å². The van der Waals surface area contributed by atoms with Crippen molar-refractivity contribution >= 4 is 77.5 Å². The zero-order valence-corrected chi connectivity index (χ0v) is 26.7. The van der Waals surface area contributed by atoms with Gasteiger partial charge >= 0.3 is 6.03 Å². The zero-order valence-electron chi connectivity index (χ0n) is 25.0. The highest BCUT2D eigenvalue weighted by Gasteiger charge is 2.34. The van der Waals surface area contributed by atoms with E-state index >= 15 is 0 Å². The van der Waals surface area contributed by atoms with Gasteiger partial charge in [-0.1, -0.05) is 6.07 Å². The predicted molar refractivity (Wildman–Crippen MR) is 171 cm³/mol. The molecule has 4 aromatic rings. The van der Waals surface area contributed by atoms with E-state index in [2.05, 4.69) is 25.8 Å². The van der Waals surface area contributed by atoms with Crippen LogP contribution in [0.2, 0.25) is 0 Å². The Morgan fingerprint density at radius 3 is 2.02 bits per heavy atom. The van der Waals surface area contributed by atoms with Crippen molar-refractivity contribution in [3.05, 3.63) is 78.4 Å². The van der Waals surface area contributed by atoms with Crippen LogP contribution in [0.15, 0.2) is 103 Å². The molecule has 19 nitrogen and oxygen atoms in total. The first-order valence-electron chi connectivity index (χ1n) is 13.9. The molecular weight excluding hydrogens is 702 g/mol. The van der Waals surface area contributed by atoms with E-state index < -0.39 is 59.8 Å². The van der Waals surface area contributed by atoms with E-state index in [0.717, 1.165) is 6.07 Å². The fourth-order valence-corrected chi connectivity index (χ4v) is 5.74. The van der Waals surface area contributed by atoms with Crippen LogP contribution in [0.5, 0.6) is 5.75 Å². The molecule has 0 saturated carbocycles. The van der Waals surface area contributed by atoms with E-state index in [1.807, 2.05) is 10.6 Å². The molecule has 1 saturated heterocycles. The van der Waals surface area contributed by atoms with Gasteiger partial charge in [0.15, 0.2) is 0 Å². The van der Waals surface area contributed by atoms with Crippen LogP contribution in [-0.4, -0.2) is 74.1 Å². The quantitative estimate of drug-likeness (QED) is 0.0738. The minimum atomic E-state index is -4.92. The molecule has 1 heterocycles. The summed E-state index contributed by atoms with van der Waals surface area (Å²) in [6.45, 7) is -0.509. The molecule has 21 heteroatoms. The summed E-state index contributed by atoms with van der Waals surface area (Å²) in [5, 5.41) is 31.3. The van der Waals surface area contributed by atoms with Gasteiger partial charge in [0.25, 0.3) is 38.0 Å². The second-order valence-electron chi connectivity index (χ2n) is 10.2. The molecule has 5 amide bonds. The van der Waals surface area contributed by atoms with Crippen LogP contribution in [0.25, 0.3) is 10.8 Å². The molecule has 5 rings (SSSR count). The molecule has 1 aliphatic heterocycles. The Morgan fingerprint density at radius 1 is 0.780 bits per heavy atom. The number of aliphatic hydroxyl groups excluding tert-OH is 1. The molecule has 0 aliphatic carbocycles. The van der Waals surface area contributed by atoms with E-state index in [-0.39, 0.29) is 58.0 Å². The average Bonchev–Trinajstić information content (AvgIpc) is 3.05. The number of ether oxygens (including phenoxy) is 1. The second-order valence-corrected chi connectivity index (χ2v) is 13.0. The number of imide groups is 2. The van der Waals surface area contributed by atoms with Crippen molar-refractivity contribution in [3.8, 4) is 5.75 Å². The summed E-state index contributed by atoms with van der Waals surface area (Å²) in [6, 6.07) is 12.9. The van der Waals surface area contributed by atoms with Crippen molar-refractivity contribution in [2.24, 2.45) is 20.5 Å². The molecule has 50 heavy (non-hydrogen) atoms. The topological polar surface area (TPSA) is 292 Å². The number of rotatable bonds is 11. The van der Waals surface area contributed by atoms with Gasteiger partial charge < -0.3 is 15.2 Å². The van der Waals surface area contributed by atoms with Crippen molar-refractivity contribution < 1.29 is 55.0 Å². The predicted octanol–water partition coefficient (Wildman–Crippen LogP) is 3.19. The Labute approximate surface area is 281 Å². The summed E-state index contributed by atoms with van der Waals surface area (Å²) in [5.74, 6) is -2.36. The number of anilines is 1. The van der Waals surface area contributed by atoms with Gasteiger partial charge in [0.2, 0.25) is 6.04 Å². The highest BCUT2D eigenvalue weighted by Crippen LogP contribution is 2.33. The van der Waals surface area contributed by atoms with Gasteiger partial charge in [0.1, 0.15) is 17.3 Å². The standard InChI is InChI=1S/C29H23N7O12S2/c37-9-10-48-23-13-19(35-34-18-6-3-16-11-20(49(42,43)44)14-24(21(16)12-18)50(45,46)47)7-8-22(23)30-26(38)15-1-4-17(5-2-15)33-36-25-27(39)31-29(41)32-28(25)40/h1-8,11-14,25,37H,9-10H2,(H,30,38)(H,42,43,44)(H,45,46,47)(H2,31,32,39,40,41)/b35-34+,36-33+. The van der Waals surface area contributed by atoms with E-state index in [4.69, 9.17) is 4.74 Å². The lowest BCUT2D eigenvalue weighted by Crippen LogP contribution is -2.57. The molecule has 258 valence electrons. The monoisotopic (exact) mass is 725 g/mol. The number of urea groups is 1. The lowest BCUT2D eigenvalue weighted by molar-refractivity contribution is -0.131. The number of hydrogen-bond acceptors (Lipinski definition) is 14. The van der Waals surface area contributed by atoms with Gasteiger partial charge in [-0.05, 0) is 66.0 Å². The number of fused-ring (bicyclic) bond motifs is 1. The number of nitrogens with zero attached hydrogens (tertiary/aromatic N) is 4. The molecule has 4 aromatic carbocycles. The number of hydrogen-bond donors (Lipinski definition) is 6. The van der Waals surface area contributed by atoms with Crippen LogP contribution in [0.3, 0.4) is 0 Å². The number of nitrogens with one attached hydrogen (secondary N) is 3. The molecule has 0 atom stereocenters. The molecule has 6 N–H and O–H groups in total. The van der Waals surface area contributed by atoms with Gasteiger partial charge in [-0.25, -0.2) is 4.79 Å². The zero-order chi connectivity index (χ0) is 36.2. The normalized spacial score (nSPS) is 14.3. The van der Waals surface area contributed by atoms with Gasteiger partial charge in [-0.2, -0.15) is 37.3 Å². The lowest BCUT2D eigenvalue weighted by atomic mass is 10.1. The molecule has 1 aliphatic rings. The number of barbiturate groups is 1. The van der Waals surface area contributed by atoms with Crippen LogP contribution in [0, 0.1) is 0 Å². The third-order valence-corrected chi connectivity index (χ3v) is 8.41. The molecule has 0 unspecified atom stereocenters. The van der Waals surface area contributed by atoms with E-state index in [9.17, 15) is 50.2 Å². The van der Waals surface area contributed by atoms with Crippen LogP contribution < -0.4 is 20.7 Å². The fourth-order valence-electron chi connectivity index (χ4n) is 4.39. The van der Waals surface area contributed by atoms with Crippen molar-refractivity contribution in [3.63, 3.8) is 0 Å². The summed E-state index contributed by atoms with van der Waals surface area (Å²) in [4.78, 5) is 46.3. The Bertz CT molecular complexity index is 2310. The average molecular weight is 726 g/mol. The Kier molecular flexibility index (Phi) is 10.1. The van der Waals surface area contributed by atoms with Crippen molar-refractivity contribution in [2.75, 3.05) is 18.5 Å². The smallest absolute Gasteiger partial charge is 0.328 e. The molecule has 0 bridgehead atoms. The summed E-state index contributed by atoms with van der Waals surface area (Å²) in [7, 11) is -9.72. The first-order valence-corrected chi connectivity index (χ1v) is 16.8. The second kappa shape index (κ2) is 14.2. The molecule has 0 aromatic heterocycles. The van der Waals surface area contributed by atoms with Crippen molar-refractivity contribution in [1.82, 2.24) is 10.6 Å². The molecular formula is C29H23N7O12S2. The fraction of sp³-hybridized carbons (Fsp3) is 0.103. The van der Waals surface area contributed by atoms with Crippen molar-refractivity contribution in [1.29, 1.82) is 0 Å². The summed E-state index contributed by atoms with van der Waals surface area (Å²) >= 11 is 0. The highest BCUT2D eigenvalue weighted by atomic mass is 32.2. The first-order chi connectivity index (χ1) is 23.6. The lowest BCUT2D eigenvalue weighted by Gasteiger charge is -2.16. The number of azo groups is 2. The maximum atomic E-state index is 13.0. The third-order valence-electron chi connectivity index (χ3n) is 6.68. The highest BCUT2D eigenvalue weighted by molar-refractivity contribution is 7.86. The summed E-state index contributed by atoms with van der Waals surface area (Å²) in [6.07, 6.45) is 0. The van der Waals surface area contributed by atoms with E-state index in [1.165, 1.54) is 60.7 Å². The minimum absolute atomic E-state index is 0.0618. The van der Waals surface area contributed by atoms with E-state index in [0.29, 0.717) is 6.07 Å². The maximum absolute atomic E-state index is 13.0. The summed E-state index contributed by atoms with van der Waals surface area (Å²) in [5.41, 5.74) is 0.856. The maximum Gasteiger partial charge on any atom is 0.328 e. The number of carbonyl (C=O) groups excluding carboxylic acids is 4. The number of benzene rings is 4. The van der Waals surface area contributed by atoms with Gasteiger partial charge in [-0.15, -0.1) is 0 Å². The molecule has 0 radical (unpaired) electrons. The van der Waals surface area contributed by atoms with Gasteiger partial charge in [0, 0.05) is 17.0 Å². The van der Waals surface area contributed by atoms with Crippen molar-refractivity contribution in [2.45, 2.75) is 15.8 Å². The Hall–Kier alpha value is -6.00. The van der Waals surface area contributed by atoms with Crippen LogP contribution in [0.1, 0.15) is 10.4 Å². The van der Waals surface area contributed by atoms with Gasteiger partial charge in [0.05, 0.1) is 34.3 Å². The van der Waals surface area contributed by atoms with Crippen LogP contribution in [0.4, 0.5) is 27.5 Å². The first kappa shape index (κ1) is 35.3. The Morgan fingerprint density at radius 2 is 1.40 bits per heavy atom. The van der Waals surface area contributed by atoms with Crippen LogP contribution in [-0.2, 0) is 29.8 Å². The summed E-state index contributed by atoms with van der Waals surface area (Å²) < 4.78 is 71.8. The molecule has 0 spiro atoms. The number of carbonyl (C=O) groups is 4. The third kappa shape index (κ3) is 8.34. The largest absolute Gasteiger partial charge is 0.489 e. The van der Waals surface area contributed by atoms with Gasteiger partial charge in [-0.3, -0.25) is 34.1 Å².